The molecule has 0 radical (unpaired) electrons. The van der Waals surface area contributed by atoms with Gasteiger partial charge in [0.1, 0.15) is 0 Å². The van der Waals surface area contributed by atoms with E-state index in [1.807, 2.05) is 0 Å². The van der Waals surface area contributed by atoms with Crippen LogP contribution in [0.4, 0.5) is 0 Å². The van der Waals surface area contributed by atoms with Gasteiger partial charge in [-0.2, -0.15) is 0 Å². The molecule has 1 aliphatic rings. The number of aliphatic hydroxyl groups is 1. The van der Waals surface area contributed by atoms with Gasteiger partial charge in [0.15, 0.2) is 0 Å². The lowest BCUT2D eigenvalue weighted by Crippen LogP contribution is -2.36. The molecule has 1 atom stereocenters. The van der Waals surface area contributed by atoms with Crippen molar-refractivity contribution in [2.45, 2.75) is 39.5 Å². The number of hydrogen-bond acceptors (Lipinski definition) is 2. The minimum Gasteiger partial charge on any atom is -0.396 e. The van der Waals surface area contributed by atoms with Crippen molar-refractivity contribution < 1.29 is 5.11 Å². The molecule has 1 aliphatic heterocycles. The average molecular weight is 199 g/mol. The number of aliphatic hydroxyl groups excluding tert-OH is 1. The zero-order valence-electron chi connectivity index (χ0n) is 9.71. The molecule has 1 unspecified atom stereocenters. The summed E-state index contributed by atoms with van der Waals surface area (Å²) < 4.78 is 0. The fourth-order valence-corrected chi connectivity index (χ4v) is 2.22. The summed E-state index contributed by atoms with van der Waals surface area (Å²) in [7, 11) is 0. The molecule has 0 amide bonds. The normalized spacial score (nSPS) is 22.5. The second-order valence-corrected chi connectivity index (χ2v) is 4.77. The van der Waals surface area contributed by atoms with Crippen molar-refractivity contribution in [2.24, 2.45) is 11.8 Å². The summed E-state index contributed by atoms with van der Waals surface area (Å²) in [4.78, 5) is 2.57. The zero-order valence-corrected chi connectivity index (χ0v) is 9.71. The van der Waals surface area contributed by atoms with Crippen molar-refractivity contribution >= 4 is 0 Å². The predicted octanol–water partition coefficient (Wildman–Crippen LogP) is 2.13. The van der Waals surface area contributed by atoms with Crippen LogP contribution in [0.25, 0.3) is 0 Å². The Labute approximate surface area is 88.3 Å². The Morgan fingerprint density at radius 1 is 1.36 bits per heavy atom. The van der Waals surface area contributed by atoms with Crippen LogP contribution in [0, 0.1) is 11.8 Å². The molecule has 2 nitrogen and oxygen atoms in total. The average Bonchev–Trinajstić information content (AvgIpc) is 2.20. The first-order valence-electron chi connectivity index (χ1n) is 6.09. The third-order valence-electron chi connectivity index (χ3n) is 3.51. The van der Waals surface area contributed by atoms with E-state index in [-0.39, 0.29) is 0 Å². The fraction of sp³-hybridized carbons (Fsp3) is 1.00. The van der Waals surface area contributed by atoms with Crippen LogP contribution < -0.4 is 0 Å². The molecule has 0 aromatic carbocycles. The SMILES string of the molecule is CCC(CCO)CN1CCC(C)CC1. The molecular weight excluding hydrogens is 174 g/mol. The van der Waals surface area contributed by atoms with Gasteiger partial charge in [-0.05, 0) is 44.2 Å². The number of rotatable bonds is 5. The minimum atomic E-state index is 0.350. The molecule has 14 heavy (non-hydrogen) atoms. The van der Waals surface area contributed by atoms with E-state index in [0.29, 0.717) is 12.5 Å². The molecule has 2 heteroatoms. The van der Waals surface area contributed by atoms with Gasteiger partial charge in [0, 0.05) is 13.2 Å². The lowest BCUT2D eigenvalue weighted by molar-refractivity contribution is 0.149. The van der Waals surface area contributed by atoms with Gasteiger partial charge in [0.05, 0.1) is 0 Å². The number of piperidine rings is 1. The Balaban J connectivity index is 2.21. The summed E-state index contributed by atoms with van der Waals surface area (Å²) in [5.74, 6) is 1.62. The summed E-state index contributed by atoms with van der Waals surface area (Å²) in [6.45, 7) is 8.66. The molecular formula is C12H25NO. The van der Waals surface area contributed by atoms with Crippen LogP contribution in [0.3, 0.4) is 0 Å². The molecule has 0 bridgehead atoms. The van der Waals surface area contributed by atoms with Crippen molar-refractivity contribution in [3.05, 3.63) is 0 Å². The summed E-state index contributed by atoms with van der Waals surface area (Å²) in [6, 6.07) is 0. The maximum absolute atomic E-state index is 8.92. The second kappa shape index (κ2) is 6.41. The Morgan fingerprint density at radius 2 is 2.00 bits per heavy atom. The van der Waals surface area contributed by atoms with Crippen LogP contribution in [0.15, 0.2) is 0 Å². The standard InChI is InChI=1S/C12H25NO/c1-3-12(6-9-14)10-13-7-4-11(2)5-8-13/h11-12,14H,3-10H2,1-2H3. The molecule has 0 aromatic rings. The second-order valence-electron chi connectivity index (χ2n) is 4.77. The van der Waals surface area contributed by atoms with Crippen molar-refractivity contribution in [1.29, 1.82) is 0 Å². The highest BCUT2D eigenvalue weighted by Crippen LogP contribution is 2.18. The first-order chi connectivity index (χ1) is 6.76. The van der Waals surface area contributed by atoms with Crippen molar-refractivity contribution in [3.8, 4) is 0 Å². The van der Waals surface area contributed by atoms with Gasteiger partial charge in [-0.15, -0.1) is 0 Å². The lowest BCUT2D eigenvalue weighted by Gasteiger charge is -2.32. The van der Waals surface area contributed by atoms with E-state index >= 15 is 0 Å². The van der Waals surface area contributed by atoms with E-state index in [1.165, 1.54) is 38.9 Å². The maximum Gasteiger partial charge on any atom is 0.0434 e. The Bertz CT molecular complexity index is 141. The lowest BCUT2D eigenvalue weighted by atomic mass is 9.96. The smallest absolute Gasteiger partial charge is 0.0434 e. The molecule has 1 fully saturated rings. The third-order valence-corrected chi connectivity index (χ3v) is 3.51. The van der Waals surface area contributed by atoms with Gasteiger partial charge in [-0.3, -0.25) is 0 Å². The van der Waals surface area contributed by atoms with Gasteiger partial charge >= 0.3 is 0 Å². The quantitative estimate of drug-likeness (QED) is 0.733. The number of nitrogens with zero attached hydrogens (tertiary/aromatic N) is 1. The molecule has 0 spiro atoms. The van der Waals surface area contributed by atoms with Gasteiger partial charge in [-0.1, -0.05) is 20.3 Å². The highest BCUT2D eigenvalue weighted by atomic mass is 16.3. The topological polar surface area (TPSA) is 23.5 Å². The van der Waals surface area contributed by atoms with E-state index < -0.39 is 0 Å². The monoisotopic (exact) mass is 199 g/mol. The third kappa shape index (κ3) is 3.97. The Kier molecular flexibility index (Phi) is 5.49. The van der Waals surface area contributed by atoms with E-state index in [4.69, 9.17) is 5.11 Å². The van der Waals surface area contributed by atoms with E-state index in [2.05, 4.69) is 18.7 Å². The summed E-state index contributed by atoms with van der Waals surface area (Å²) in [5, 5.41) is 8.92. The van der Waals surface area contributed by atoms with Gasteiger partial charge in [0.25, 0.3) is 0 Å². The summed E-state index contributed by atoms with van der Waals surface area (Å²) in [5.41, 5.74) is 0. The largest absolute Gasteiger partial charge is 0.396 e. The van der Waals surface area contributed by atoms with Gasteiger partial charge < -0.3 is 10.0 Å². The molecule has 0 saturated carbocycles. The zero-order chi connectivity index (χ0) is 10.4. The fourth-order valence-electron chi connectivity index (χ4n) is 2.22. The Morgan fingerprint density at radius 3 is 2.50 bits per heavy atom. The van der Waals surface area contributed by atoms with Crippen molar-refractivity contribution in [1.82, 2.24) is 4.90 Å². The van der Waals surface area contributed by atoms with Crippen molar-refractivity contribution in [3.63, 3.8) is 0 Å². The van der Waals surface area contributed by atoms with Crippen LogP contribution >= 0.6 is 0 Å². The maximum atomic E-state index is 8.92. The minimum absolute atomic E-state index is 0.350. The van der Waals surface area contributed by atoms with Crippen molar-refractivity contribution in [2.75, 3.05) is 26.2 Å². The molecule has 84 valence electrons. The van der Waals surface area contributed by atoms with E-state index in [9.17, 15) is 0 Å². The summed E-state index contributed by atoms with van der Waals surface area (Å²) >= 11 is 0. The molecule has 1 saturated heterocycles. The van der Waals surface area contributed by atoms with Crippen LogP contribution in [-0.4, -0.2) is 36.2 Å². The molecule has 0 aliphatic carbocycles. The number of hydrogen-bond donors (Lipinski definition) is 1. The van der Waals surface area contributed by atoms with Gasteiger partial charge in [-0.25, -0.2) is 0 Å². The highest BCUT2D eigenvalue weighted by molar-refractivity contribution is 4.72. The molecule has 1 heterocycles. The molecule has 1 rings (SSSR count). The van der Waals surface area contributed by atoms with Crippen LogP contribution in [-0.2, 0) is 0 Å². The Hall–Kier alpha value is -0.0800. The molecule has 0 aromatic heterocycles. The number of likely N-dealkylation sites (tertiary alicyclic amines) is 1. The summed E-state index contributed by atoms with van der Waals surface area (Å²) in [6.07, 6.45) is 4.89. The predicted molar refractivity (Wildman–Crippen MR) is 60.3 cm³/mol. The first-order valence-corrected chi connectivity index (χ1v) is 6.09. The van der Waals surface area contributed by atoms with E-state index in [0.717, 1.165) is 12.3 Å². The van der Waals surface area contributed by atoms with Crippen LogP contribution in [0.1, 0.15) is 39.5 Å². The highest BCUT2D eigenvalue weighted by Gasteiger charge is 2.18. The van der Waals surface area contributed by atoms with Crippen LogP contribution in [0.5, 0.6) is 0 Å². The first kappa shape index (κ1) is 12.0. The van der Waals surface area contributed by atoms with Crippen LogP contribution in [0.2, 0.25) is 0 Å². The van der Waals surface area contributed by atoms with Gasteiger partial charge in [0.2, 0.25) is 0 Å². The molecule has 1 N–H and O–H groups in total. The van der Waals surface area contributed by atoms with E-state index in [1.54, 1.807) is 0 Å².